The monoisotopic (exact) mass is 350 g/mol. The average Bonchev–Trinajstić information content (AvgIpc) is 2.85. The molecule has 0 bridgehead atoms. The van der Waals surface area contributed by atoms with Crippen LogP contribution in [0.15, 0.2) is 47.3 Å². The van der Waals surface area contributed by atoms with E-state index in [0.717, 1.165) is 48.3 Å². The third-order valence-corrected chi connectivity index (χ3v) is 5.45. The Morgan fingerprint density at radius 2 is 1.88 bits per heavy atom. The van der Waals surface area contributed by atoms with Crippen LogP contribution in [0, 0.1) is 11.7 Å². The van der Waals surface area contributed by atoms with Crippen LogP contribution in [0.1, 0.15) is 38.4 Å². The van der Waals surface area contributed by atoms with E-state index in [2.05, 4.69) is 6.92 Å². The van der Waals surface area contributed by atoms with Gasteiger partial charge in [0.25, 0.3) is 5.56 Å². The van der Waals surface area contributed by atoms with Crippen molar-refractivity contribution in [3.05, 3.63) is 64.5 Å². The van der Waals surface area contributed by atoms with E-state index in [1.54, 1.807) is 12.1 Å². The number of nitrogens with zero attached hydrogens (tertiary/aromatic N) is 2. The van der Waals surface area contributed by atoms with Gasteiger partial charge >= 0.3 is 0 Å². The van der Waals surface area contributed by atoms with Crippen LogP contribution in [0.4, 0.5) is 4.39 Å². The summed E-state index contributed by atoms with van der Waals surface area (Å²) in [5.41, 5.74) is 2.67. The lowest BCUT2D eigenvalue weighted by Gasteiger charge is -2.11. The molecular weight excluding hydrogens is 327 g/mol. The molecule has 0 radical (unpaired) electrons. The number of benzene rings is 2. The number of rotatable bonds is 3. The van der Waals surface area contributed by atoms with Crippen LogP contribution in [-0.2, 0) is 13.0 Å². The van der Waals surface area contributed by atoms with Crippen LogP contribution >= 0.6 is 0 Å². The molecule has 1 atom stereocenters. The van der Waals surface area contributed by atoms with Crippen LogP contribution in [0.3, 0.4) is 0 Å². The SMILES string of the molecule is CCCC1CCc2nc3cc(-c4ccc(F)cc4)ccc3c(=O)n2CC1. The third-order valence-electron chi connectivity index (χ3n) is 5.45. The maximum absolute atomic E-state index is 13.2. The first-order valence-electron chi connectivity index (χ1n) is 9.45. The largest absolute Gasteiger partial charge is 0.296 e. The van der Waals surface area contributed by atoms with E-state index in [-0.39, 0.29) is 11.4 Å². The lowest BCUT2D eigenvalue weighted by Crippen LogP contribution is -2.24. The molecule has 0 aliphatic carbocycles. The predicted octanol–water partition coefficient (Wildman–Crippen LogP) is 4.96. The summed E-state index contributed by atoms with van der Waals surface area (Å²) in [6, 6.07) is 12.1. The maximum Gasteiger partial charge on any atom is 0.261 e. The van der Waals surface area contributed by atoms with E-state index in [1.165, 1.54) is 25.0 Å². The molecule has 134 valence electrons. The zero-order valence-corrected chi connectivity index (χ0v) is 15.0. The zero-order chi connectivity index (χ0) is 18.1. The molecule has 0 spiro atoms. The molecule has 2 heterocycles. The van der Waals surface area contributed by atoms with E-state index in [9.17, 15) is 9.18 Å². The highest BCUT2D eigenvalue weighted by atomic mass is 19.1. The number of aryl methyl sites for hydroxylation is 1. The van der Waals surface area contributed by atoms with Gasteiger partial charge in [-0.2, -0.15) is 0 Å². The lowest BCUT2D eigenvalue weighted by atomic mass is 9.95. The minimum Gasteiger partial charge on any atom is -0.296 e. The van der Waals surface area contributed by atoms with Gasteiger partial charge < -0.3 is 0 Å². The quantitative estimate of drug-likeness (QED) is 0.669. The second-order valence-electron chi connectivity index (χ2n) is 7.21. The average molecular weight is 350 g/mol. The minimum atomic E-state index is -0.252. The van der Waals surface area contributed by atoms with E-state index in [1.807, 2.05) is 22.8 Å². The minimum absolute atomic E-state index is 0.0628. The van der Waals surface area contributed by atoms with Gasteiger partial charge in [-0.15, -0.1) is 0 Å². The molecule has 3 nitrogen and oxygen atoms in total. The number of hydrogen-bond donors (Lipinski definition) is 0. The fourth-order valence-corrected chi connectivity index (χ4v) is 4.00. The molecule has 4 rings (SSSR count). The Morgan fingerprint density at radius 1 is 1.12 bits per heavy atom. The molecular formula is C22H23FN2O. The smallest absolute Gasteiger partial charge is 0.261 e. The molecule has 1 aromatic heterocycles. The van der Waals surface area contributed by atoms with Crippen molar-refractivity contribution in [1.29, 1.82) is 0 Å². The van der Waals surface area contributed by atoms with Gasteiger partial charge in [-0.1, -0.05) is 38.0 Å². The third kappa shape index (κ3) is 3.16. The Hall–Kier alpha value is -2.49. The van der Waals surface area contributed by atoms with Crippen LogP contribution < -0.4 is 5.56 Å². The van der Waals surface area contributed by atoms with E-state index in [0.29, 0.717) is 11.3 Å². The predicted molar refractivity (Wildman–Crippen MR) is 103 cm³/mol. The fraction of sp³-hybridized carbons (Fsp3) is 0.364. The highest BCUT2D eigenvalue weighted by molar-refractivity contribution is 5.83. The summed E-state index contributed by atoms with van der Waals surface area (Å²) in [7, 11) is 0. The van der Waals surface area contributed by atoms with Crippen LogP contribution in [0.5, 0.6) is 0 Å². The first-order valence-corrected chi connectivity index (χ1v) is 9.45. The van der Waals surface area contributed by atoms with Crippen molar-refractivity contribution in [3.8, 4) is 11.1 Å². The second kappa shape index (κ2) is 7.02. The van der Waals surface area contributed by atoms with Crippen molar-refractivity contribution in [1.82, 2.24) is 9.55 Å². The summed E-state index contributed by atoms with van der Waals surface area (Å²) in [6.45, 7) is 2.98. The molecule has 1 aliphatic heterocycles. The van der Waals surface area contributed by atoms with Gasteiger partial charge in [0, 0.05) is 13.0 Å². The van der Waals surface area contributed by atoms with E-state index >= 15 is 0 Å². The van der Waals surface area contributed by atoms with Crippen molar-refractivity contribution in [3.63, 3.8) is 0 Å². The summed E-state index contributed by atoms with van der Waals surface area (Å²) in [5.74, 6) is 1.33. The molecule has 0 saturated carbocycles. The zero-order valence-electron chi connectivity index (χ0n) is 15.0. The Kier molecular flexibility index (Phi) is 4.58. The van der Waals surface area contributed by atoms with E-state index < -0.39 is 0 Å². The van der Waals surface area contributed by atoms with Crippen molar-refractivity contribution >= 4 is 10.9 Å². The number of aromatic nitrogens is 2. The van der Waals surface area contributed by atoms with Crippen molar-refractivity contribution < 1.29 is 4.39 Å². The van der Waals surface area contributed by atoms with Gasteiger partial charge in [-0.3, -0.25) is 9.36 Å². The van der Waals surface area contributed by atoms with Crippen molar-refractivity contribution in [2.75, 3.05) is 0 Å². The Balaban J connectivity index is 1.76. The number of hydrogen-bond acceptors (Lipinski definition) is 2. The molecule has 26 heavy (non-hydrogen) atoms. The molecule has 1 aliphatic rings. The van der Waals surface area contributed by atoms with Crippen molar-refractivity contribution in [2.45, 2.75) is 45.6 Å². The molecule has 4 heteroatoms. The summed E-state index contributed by atoms with van der Waals surface area (Å²) < 4.78 is 15.0. The maximum atomic E-state index is 13.2. The Morgan fingerprint density at radius 3 is 2.65 bits per heavy atom. The van der Waals surface area contributed by atoms with Gasteiger partial charge in [-0.25, -0.2) is 9.37 Å². The van der Waals surface area contributed by atoms with Gasteiger partial charge in [-0.05, 0) is 54.2 Å². The fourth-order valence-electron chi connectivity index (χ4n) is 4.00. The molecule has 0 N–H and O–H groups in total. The first kappa shape index (κ1) is 17.0. The number of halogens is 1. The molecule has 2 aromatic carbocycles. The molecule has 0 amide bonds. The normalized spacial score (nSPS) is 17.1. The Labute approximate surface area is 152 Å². The molecule has 1 unspecified atom stereocenters. The topological polar surface area (TPSA) is 34.9 Å². The summed E-state index contributed by atoms with van der Waals surface area (Å²) in [4.78, 5) is 17.8. The van der Waals surface area contributed by atoms with E-state index in [4.69, 9.17) is 4.98 Å². The van der Waals surface area contributed by atoms with Gasteiger partial charge in [0.15, 0.2) is 0 Å². The van der Waals surface area contributed by atoms with Crippen LogP contribution in [0.25, 0.3) is 22.0 Å². The van der Waals surface area contributed by atoms with Gasteiger partial charge in [0.05, 0.1) is 10.9 Å². The van der Waals surface area contributed by atoms with Gasteiger partial charge in [0.2, 0.25) is 0 Å². The second-order valence-corrected chi connectivity index (χ2v) is 7.21. The van der Waals surface area contributed by atoms with Gasteiger partial charge in [0.1, 0.15) is 11.6 Å². The summed E-state index contributed by atoms with van der Waals surface area (Å²) in [5, 5.41) is 0.661. The standard InChI is InChI=1S/C22H23FN2O/c1-2-3-15-4-11-21-24-20-14-17(16-5-8-18(23)9-6-16)7-10-19(20)22(26)25(21)13-12-15/h5-10,14-15H,2-4,11-13H2,1H3. The highest BCUT2D eigenvalue weighted by Crippen LogP contribution is 2.26. The highest BCUT2D eigenvalue weighted by Gasteiger charge is 2.19. The molecule has 0 saturated heterocycles. The first-order chi connectivity index (χ1) is 12.7. The lowest BCUT2D eigenvalue weighted by molar-refractivity contribution is 0.412. The number of fused-ring (bicyclic) bond motifs is 2. The van der Waals surface area contributed by atoms with Crippen LogP contribution in [0.2, 0.25) is 0 Å². The Bertz CT molecular complexity index is 991. The summed E-state index contributed by atoms with van der Waals surface area (Å²) >= 11 is 0. The molecule has 3 aromatic rings. The van der Waals surface area contributed by atoms with Crippen molar-refractivity contribution in [2.24, 2.45) is 5.92 Å². The van der Waals surface area contributed by atoms with Crippen LogP contribution in [-0.4, -0.2) is 9.55 Å². The molecule has 0 fully saturated rings. The summed E-state index contributed by atoms with van der Waals surface area (Å²) in [6.07, 6.45) is 5.42.